The van der Waals surface area contributed by atoms with Crippen LogP contribution in [0.1, 0.15) is 13.8 Å². The fraction of sp³-hybridized carbons (Fsp3) is 0.400. The van der Waals surface area contributed by atoms with Gasteiger partial charge in [0.05, 0.1) is 13.2 Å². The first-order valence-corrected chi connectivity index (χ1v) is 5.14. The molecule has 2 nitrogen and oxygen atoms in total. The van der Waals surface area contributed by atoms with Crippen LogP contribution < -0.4 is 9.47 Å². The van der Waals surface area contributed by atoms with E-state index < -0.39 is 0 Å². The average molecular weight is 200 g/mol. The number of hydrogen-bond acceptors (Lipinski definition) is 3. The molecule has 0 saturated carbocycles. The molecule has 0 radical (unpaired) electrons. The summed E-state index contributed by atoms with van der Waals surface area (Å²) in [6.45, 7) is 11.3. The molecule has 13 heavy (non-hydrogen) atoms. The van der Waals surface area contributed by atoms with Crippen molar-refractivity contribution in [3.8, 4) is 11.5 Å². The number of hydrogen-bond donors (Lipinski definition) is 0. The molecular weight excluding hydrogens is 184 g/mol. The van der Waals surface area contributed by atoms with Crippen LogP contribution in [0.25, 0.3) is 0 Å². The van der Waals surface area contributed by atoms with Crippen molar-refractivity contribution in [2.75, 3.05) is 13.2 Å². The highest BCUT2D eigenvalue weighted by molar-refractivity contribution is 7.08. The van der Waals surface area contributed by atoms with Crippen molar-refractivity contribution in [2.24, 2.45) is 0 Å². The molecular formula is C10H16O2S. The molecule has 1 aromatic rings. The highest BCUT2D eigenvalue weighted by Gasteiger charge is 2.03. The maximum Gasteiger partial charge on any atom is 0.171 e. The molecule has 0 unspecified atom stereocenters. The van der Waals surface area contributed by atoms with Crippen LogP contribution in [-0.2, 0) is 0 Å². The lowest BCUT2D eigenvalue weighted by Crippen LogP contribution is -1.95. The zero-order valence-corrected chi connectivity index (χ0v) is 9.02. The minimum absolute atomic E-state index is 0.691. The van der Waals surface area contributed by atoms with Gasteiger partial charge in [-0.25, -0.2) is 0 Å². The molecule has 74 valence electrons. The van der Waals surface area contributed by atoms with Crippen LogP contribution in [0.15, 0.2) is 23.9 Å². The Labute approximate surface area is 83.8 Å². The Morgan fingerprint density at radius 2 is 1.46 bits per heavy atom. The SMILES string of the molecule is C=C.CCOc1cscc1OCC. The van der Waals surface area contributed by atoms with E-state index in [9.17, 15) is 0 Å². The van der Waals surface area contributed by atoms with Crippen molar-refractivity contribution in [1.82, 2.24) is 0 Å². The van der Waals surface area contributed by atoms with Gasteiger partial charge in [0.15, 0.2) is 11.5 Å². The van der Waals surface area contributed by atoms with Gasteiger partial charge < -0.3 is 9.47 Å². The van der Waals surface area contributed by atoms with E-state index in [1.165, 1.54) is 0 Å². The molecule has 0 aliphatic carbocycles. The first kappa shape index (κ1) is 12.0. The molecule has 0 N–H and O–H groups in total. The standard InChI is InChI=1S/C8H12O2S.C2H4/c1-3-9-7-5-11-6-8(7)10-4-2;1-2/h5-6H,3-4H2,1-2H3;1-2H2. The molecule has 1 aromatic heterocycles. The Hall–Kier alpha value is -0.960. The molecule has 0 fully saturated rings. The summed E-state index contributed by atoms with van der Waals surface area (Å²) in [4.78, 5) is 0. The van der Waals surface area contributed by atoms with Crippen LogP contribution >= 0.6 is 11.3 Å². The van der Waals surface area contributed by atoms with Gasteiger partial charge in [-0.1, -0.05) is 0 Å². The van der Waals surface area contributed by atoms with Gasteiger partial charge in [0, 0.05) is 10.8 Å². The third kappa shape index (κ3) is 3.99. The molecule has 0 atom stereocenters. The van der Waals surface area contributed by atoms with E-state index in [-0.39, 0.29) is 0 Å². The van der Waals surface area contributed by atoms with Crippen LogP contribution in [0.2, 0.25) is 0 Å². The van der Waals surface area contributed by atoms with Crippen LogP contribution in [0.4, 0.5) is 0 Å². The van der Waals surface area contributed by atoms with Crippen molar-refractivity contribution in [2.45, 2.75) is 13.8 Å². The topological polar surface area (TPSA) is 18.5 Å². The maximum absolute atomic E-state index is 5.31. The van der Waals surface area contributed by atoms with E-state index in [0.717, 1.165) is 11.5 Å². The zero-order chi connectivity index (χ0) is 10.1. The van der Waals surface area contributed by atoms with Gasteiger partial charge >= 0.3 is 0 Å². The minimum Gasteiger partial charge on any atom is -0.489 e. The number of ether oxygens (including phenoxy) is 2. The smallest absolute Gasteiger partial charge is 0.171 e. The van der Waals surface area contributed by atoms with Crippen molar-refractivity contribution in [3.63, 3.8) is 0 Å². The molecule has 1 rings (SSSR count). The summed E-state index contributed by atoms with van der Waals surface area (Å²) >= 11 is 1.60. The van der Waals surface area contributed by atoms with Crippen LogP contribution in [0.5, 0.6) is 11.5 Å². The summed E-state index contributed by atoms with van der Waals surface area (Å²) in [6, 6.07) is 0. The van der Waals surface area contributed by atoms with Crippen LogP contribution in [-0.4, -0.2) is 13.2 Å². The minimum atomic E-state index is 0.691. The van der Waals surface area contributed by atoms with E-state index in [0.29, 0.717) is 13.2 Å². The summed E-state index contributed by atoms with van der Waals surface area (Å²) in [6.07, 6.45) is 0. The van der Waals surface area contributed by atoms with Crippen molar-refractivity contribution >= 4 is 11.3 Å². The number of rotatable bonds is 4. The second kappa shape index (κ2) is 7.68. The van der Waals surface area contributed by atoms with Crippen LogP contribution in [0.3, 0.4) is 0 Å². The first-order valence-electron chi connectivity index (χ1n) is 4.20. The summed E-state index contributed by atoms with van der Waals surface area (Å²) in [5.41, 5.74) is 0. The van der Waals surface area contributed by atoms with Gasteiger partial charge in [0.25, 0.3) is 0 Å². The Kier molecular flexibility index (Phi) is 7.11. The molecule has 0 aliphatic rings. The quantitative estimate of drug-likeness (QED) is 0.694. The molecule has 0 saturated heterocycles. The largest absolute Gasteiger partial charge is 0.489 e. The predicted molar refractivity (Wildman–Crippen MR) is 57.9 cm³/mol. The lowest BCUT2D eigenvalue weighted by molar-refractivity contribution is 0.290. The van der Waals surface area contributed by atoms with Crippen LogP contribution in [0, 0.1) is 0 Å². The van der Waals surface area contributed by atoms with Gasteiger partial charge in [-0.2, -0.15) is 0 Å². The fourth-order valence-corrected chi connectivity index (χ4v) is 1.48. The average Bonchev–Trinajstić information content (AvgIpc) is 2.58. The maximum atomic E-state index is 5.31. The predicted octanol–water partition coefficient (Wildman–Crippen LogP) is 3.35. The summed E-state index contributed by atoms with van der Waals surface area (Å²) in [5.74, 6) is 1.72. The van der Waals surface area contributed by atoms with Gasteiger partial charge in [-0.3, -0.25) is 0 Å². The molecule has 3 heteroatoms. The van der Waals surface area contributed by atoms with E-state index in [2.05, 4.69) is 13.2 Å². The van der Waals surface area contributed by atoms with Gasteiger partial charge in [-0.05, 0) is 13.8 Å². The second-order valence-electron chi connectivity index (χ2n) is 1.97. The van der Waals surface area contributed by atoms with E-state index >= 15 is 0 Å². The van der Waals surface area contributed by atoms with E-state index in [1.807, 2.05) is 24.6 Å². The molecule has 1 heterocycles. The van der Waals surface area contributed by atoms with E-state index in [4.69, 9.17) is 9.47 Å². The molecule has 0 aromatic carbocycles. The summed E-state index contributed by atoms with van der Waals surface area (Å²) in [7, 11) is 0. The Balaban J connectivity index is 0.000000671. The Morgan fingerprint density at radius 1 is 1.08 bits per heavy atom. The fourth-order valence-electron chi connectivity index (χ4n) is 0.795. The van der Waals surface area contributed by atoms with Gasteiger partial charge in [0.2, 0.25) is 0 Å². The normalized spacial score (nSPS) is 8.46. The van der Waals surface area contributed by atoms with Crippen molar-refractivity contribution < 1.29 is 9.47 Å². The molecule has 0 amide bonds. The summed E-state index contributed by atoms with van der Waals surface area (Å²) in [5, 5.41) is 3.91. The summed E-state index contributed by atoms with van der Waals surface area (Å²) < 4.78 is 10.6. The van der Waals surface area contributed by atoms with Crippen molar-refractivity contribution in [3.05, 3.63) is 23.9 Å². The first-order chi connectivity index (χ1) is 6.38. The molecule has 0 bridgehead atoms. The molecule has 0 aliphatic heterocycles. The lowest BCUT2D eigenvalue weighted by Gasteiger charge is -2.04. The highest BCUT2D eigenvalue weighted by Crippen LogP contribution is 2.31. The third-order valence-corrected chi connectivity index (χ3v) is 1.89. The second-order valence-corrected chi connectivity index (χ2v) is 2.71. The Morgan fingerprint density at radius 3 is 1.77 bits per heavy atom. The molecule has 0 spiro atoms. The monoisotopic (exact) mass is 200 g/mol. The van der Waals surface area contributed by atoms with E-state index in [1.54, 1.807) is 11.3 Å². The number of thiophene rings is 1. The lowest BCUT2D eigenvalue weighted by atomic mass is 10.5. The van der Waals surface area contributed by atoms with Gasteiger partial charge in [-0.15, -0.1) is 24.5 Å². The zero-order valence-electron chi connectivity index (χ0n) is 8.21. The van der Waals surface area contributed by atoms with Gasteiger partial charge in [0.1, 0.15) is 0 Å². The van der Waals surface area contributed by atoms with Crippen molar-refractivity contribution in [1.29, 1.82) is 0 Å². The third-order valence-electron chi connectivity index (χ3n) is 1.19. The highest BCUT2D eigenvalue weighted by atomic mass is 32.1. The Bertz CT molecular complexity index is 200.